The Kier molecular flexibility index (Phi) is 3.18. The molecule has 104 valence electrons. The van der Waals surface area contributed by atoms with Crippen molar-refractivity contribution in [1.82, 2.24) is 14.7 Å². The first kappa shape index (κ1) is 12.7. The van der Waals surface area contributed by atoms with Crippen molar-refractivity contribution in [2.45, 2.75) is 25.8 Å². The first-order valence-electron chi connectivity index (χ1n) is 6.88. The molecule has 5 nitrogen and oxygen atoms in total. The second-order valence-electron chi connectivity index (χ2n) is 5.19. The van der Waals surface area contributed by atoms with Crippen LogP contribution < -0.4 is 5.73 Å². The molecule has 1 saturated heterocycles. The molecule has 1 fully saturated rings. The molecule has 0 bridgehead atoms. The minimum absolute atomic E-state index is 0.00301. The summed E-state index contributed by atoms with van der Waals surface area (Å²) in [7, 11) is 0. The van der Waals surface area contributed by atoms with Crippen molar-refractivity contribution in [3.05, 3.63) is 42.2 Å². The number of hydrogen-bond acceptors (Lipinski definition) is 3. The lowest BCUT2D eigenvalue weighted by molar-refractivity contribution is 0.0741. The number of nitrogens with zero attached hydrogens (tertiary/aromatic N) is 3. The summed E-state index contributed by atoms with van der Waals surface area (Å²) < 4.78 is 1.66. The molecule has 2 N–H and O–H groups in total. The molecule has 1 atom stereocenters. The van der Waals surface area contributed by atoms with Crippen LogP contribution in [0.25, 0.3) is 5.69 Å². The fraction of sp³-hybridized carbons (Fsp3) is 0.333. The highest BCUT2D eigenvalue weighted by Gasteiger charge is 2.27. The van der Waals surface area contributed by atoms with Crippen molar-refractivity contribution < 1.29 is 4.79 Å². The summed E-state index contributed by atoms with van der Waals surface area (Å²) in [5.74, 6) is 0.00301. The van der Waals surface area contributed by atoms with Crippen molar-refractivity contribution in [3.63, 3.8) is 0 Å². The van der Waals surface area contributed by atoms with E-state index in [2.05, 4.69) is 12.0 Å². The number of aromatic nitrogens is 2. The molecule has 20 heavy (non-hydrogen) atoms. The van der Waals surface area contributed by atoms with Crippen molar-refractivity contribution in [1.29, 1.82) is 0 Å². The number of likely N-dealkylation sites (tertiary alicyclic amines) is 1. The first-order chi connectivity index (χ1) is 9.66. The fourth-order valence-electron chi connectivity index (χ4n) is 2.65. The van der Waals surface area contributed by atoms with Gasteiger partial charge in [-0.15, -0.1) is 0 Å². The average Bonchev–Trinajstić information content (AvgIpc) is 3.07. The van der Waals surface area contributed by atoms with E-state index < -0.39 is 0 Å². The Hall–Kier alpha value is -2.30. The van der Waals surface area contributed by atoms with Gasteiger partial charge < -0.3 is 10.6 Å². The molecule has 5 heteroatoms. The van der Waals surface area contributed by atoms with Crippen LogP contribution in [-0.4, -0.2) is 33.2 Å². The number of rotatable bonds is 2. The number of benzene rings is 1. The van der Waals surface area contributed by atoms with Gasteiger partial charge in [-0.25, -0.2) is 4.68 Å². The van der Waals surface area contributed by atoms with Gasteiger partial charge in [-0.1, -0.05) is 12.1 Å². The lowest BCUT2D eigenvalue weighted by Gasteiger charge is -2.19. The Morgan fingerprint density at radius 3 is 2.85 bits per heavy atom. The third-order valence-corrected chi connectivity index (χ3v) is 3.81. The Morgan fingerprint density at radius 2 is 2.15 bits per heavy atom. The minimum Gasteiger partial charge on any atom is -0.397 e. The number of hydrogen-bond donors (Lipinski definition) is 1. The summed E-state index contributed by atoms with van der Waals surface area (Å²) in [6, 6.07) is 9.53. The van der Waals surface area contributed by atoms with E-state index in [1.807, 2.05) is 29.2 Å². The van der Waals surface area contributed by atoms with Crippen LogP contribution in [0.4, 0.5) is 5.69 Å². The molecule has 1 aromatic carbocycles. The molecule has 0 radical (unpaired) electrons. The Morgan fingerprint density at radius 1 is 1.35 bits per heavy atom. The maximum atomic E-state index is 12.4. The van der Waals surface area contributed by atoms with Gasteiger partial charge in [-0.3, -0.25) is 4.79 Å². The van der Waals surface area contributed by atoms with Gasteiger partial charge in [0.2, 0.25) is 0 Å². The van der Waals surface area contributed by atoms with E-state index in [4.69, 9.17) is 5.73 Å². The topological polar surface area (TPSA) is 64.2 Å². The monoisotopic (exact) mass is 270 g/mol. The quantitative estimate of drug-likeness (QED) is 0.850. The predicted molar refractivity (Wildman–Crippen MR) is 77.7 cm³/mol. The smallest absolute Gasteiger partial charge is 0.274 e. The Balaban J connectivity index is 1.87. The molecule has 2 aromatic rings. The first-order valence-corrected chi connectivity index (χ1v) is 6.88. The lowest BCUT2D eigenvalue weighted by Crippen LogP contribution is -2.33. The van der Waals surface area contributed by atoms with Gasteiger partial charge >= 0.3 is 0 Å². The van der Waals surface area contributed by atoms with E-state index in [1.54, 1.807) is 16.9 Å². The van der Waals surface area contributed by atoms with Crippen molar-refractivity contribution in [2.24, 2.45) is 0 Å². The highest BCUT2D eigenvalue weighted by Crippen LogP contribution is 2.20. The second-order valence-corrected chi connectivity index (χ2v) is 5.19. The lowest BCUT2D eigenvalue weighted by atomic mass is 10.2. The molecule has 2 heterocycles. The van der Waals surface area contributed by atoms with E-state index >= 15 is 0 Å². The van der Waals surface area contributed by atoms with Crippen LogP contribution in [0.2, 0.25) is 0 Å². The van der Waals surface area contributed by atoms with Gasteiger partial charge in [0.15, 0.2) is 5.69 Å². The van der Waals surface area contributed by atoms with Gasteiger partial charge in [-0.2, -0.15) is 5.10 Å². The molecule has 3 rings (SSSR count). The minimum atomic E-state index is 0.00301. The zero-order valence-electron chi connectivity index (χ0n) is 11.5. The number of nitrogens with two attached hydrogens (primary N) is 1. The zero-order chi connectivity index (χ0) is 14.1. The second kappa shape index (κ2) is 5.00. The summed E-state index contributed by atoms with van der Waals surface area (Å²) in [5, 5.41) is 4.37. The predicted octanol–water partition coefficient (Wildman–Crippen LogP) is 2.08. The molecule has 1 amide bonds. The van der Waals surface area contributed by atoms with Crippen LogP contribution in [0.3, 0.4) is 0 Å². The Bertz CT molecular complexity index is 634. The summed E-state index contributed by atoms with van der Waals surface area (Å²) >= 11 is 0. The highest BCUT2D eigenvalue weighted by molar-refractivity contribution is 5.92. The summed E-state index contributed by atoms with van der Waals surface area (Å²) in [6.07, 6.45) is 3.91. The average molecular weight is 270 g/mol. The SMILES string of the molecule is CC1CCCN1C(=O)c1ccn(-c2ccccc2N)n1. The normalized spacial score (nSPS) is 18.4. The molecule has 1 unspecified atom stereocenters. The van der Waals surface area contributed by atoms with E-state index in [0.29, 0.717) is 17.4 Å². The molecule has 0 aliphatic carbocycles. The zero-order valence-corrected chi connectivity index (χ0v) is 11.5. The van der Waals surface area contributed by atoms with Crippen LogP contribution >= 0.6 is 0 Å². The van der Waals surface area contributed by atoms with Gasteiger partial charge in [-0.05, 0) is 38.0 Å². The number of nitrogen functional groups attached to an aromatic ring is 1. The van der Waals surface area contributed by atoms with E-state index in [1.165, 1.54) is 0 Å². The van der Waals surface area contributed by atoms with Crippen LogP contribution in [0.5, 0.6) is 0 Å². The van der Waals surface area contributed by atoms with Gasteiger partial charge in [0.05, 0.1) is 11.4 Å². The number of carbonyl (C=O) groups is 1. The van der Waals surface area contributed by atoms with Crippen LogP contribution in [0, 0.1) is 0 Å². The van der Waals surface area contributed by atoms with Gasteiger partial charge in [0.1, 0.15) is 0 Å². The molecule has 1 aromatic heterocycles. The third kappa shape index (κ3) is 2.15. The van der Waals surface area contributed by atoms with Crippen molar-refractivity contribution in [3.8, 4) is 5.69 Å². The van der Waals surface area contributed by atoms with Crippen LogP contribution in [0.1, 0.15) is 30.3 Å². The highest BCUT2D eigenvalue weighted by atomic mass is 16.2. The van der Waals surface area contributed by atoms with Gasteiger partial charge in [0, 0.05) is 18.8 Å². The summed E-state index contributed by atoms with van der Waals surface area (Å²) in [4.78, 5) is 14.3. The van der Waals surface area contributed by atoms with Crippen LogP contribution in [0.15, 0.2) is 36.5 Å². The number of para-hydroxylation sites is 2. The molecule has 0 spiro atoms. The number of anilines is 1. The third-order valence-electron chi connectivity index (χ3n) is 3.81. The van der Waals surface area contributed by atoms with Crippen LogP contribution in [-0.2, 0) is 0 Å². The molecule has 0 saturated carbocycles. The van der Waals surface area contributed by atoms with Crippen molar-refractivity contribution in [2.75, 3.05) is 12.3 Å². The fourth-order valence-corrected chi connectivity index (χ4v) is 2.65. The van der Waals surface area contributed by atoms with E-state index in [0.717, 1.165) is 25.1 Å². The summed E-state index contributed by atoms with van der Waals surface area (Å²) in [5.41, 5.74) is 7.84. The summed E-state index contributed by atoms with van der Waals surface area (Å²) in [6.45, 7) is 2.90. The number of amides is 1. The maximum absolute atomic E-state index is 12.4. The standard InChI is InChI=1S/C15H18N4O/c1-11-5-4-9-18(11)15(20)13-8-10-19(17-13)14-7-3-2-6-12(14)16/h2-3,6-8,10-11H,4-5,9,16H2,1H3. The molecule has 1 aliphatic rings. The molecule has 1 aliphatic heterocycles. The van der Waals surface area contributed by atoms with E-state index in [9.17, 15) is 4.79 Å². The Labute approximate surface area is 118 Å². The van der Waals surface area contributed by atoms with Crippen molar-refractivity contribution >= 4 is 11.6 Å². The van der Waals surface area contributed by atoms with E-state index in [-0.39, 0.29) is 5.91 Å². The largest absolute Gasteiger partial charge is 0.397 e. The molecular formula is C15H18N4O. The molecular weight excluding hydrogens is 252 g/mol. The maximum Gasteiger partial charge on any atom is 0.274 e. The number of carbonyl (C=O) groups excluding carboxylic acids is 1. The van der Waals surface area contributed by atoms with Gasteiger partial charge in [0.25, 0.3) is 5.91 Å².